The van der Waals surface area contributed by atoms with Crippen LogP contribution in [-0.4, -0.2) is 13.2 Å². The minimum Gasteiger partial charge on any atom is -0.494 e. The Morgan fingerprint density at radius 3 is 1.16 bits per heavy atom. The van der Waals surface area contributed by atoms with Crippen molar-refractivity contribution in [2.24, 2.45) is 0 Å². The van der Waals surface area contributed by atoms with E-state index in [9.17, 15) is 0 Å². The Morgan fingerprint density at radius 2 is 0.781 bits per heavy atom. The number of unbranched alkanes of at least 4 members (excludes halogenated alkanes) is 2. The predicted molar refractivity (Wildman–Crippen MR) is 137 cm³/mol. The molecule has 0 aliphatic carbocycles. The molecule has 5 aromatic rings. The van der Waals surface area contributed by atoms with E-state index in [4.69, 9.17) is 9.47 Å². The molecule has 0 radical (unpaired) electrons. The molecule has 0 aromatic heterocycles. The predicted octanol–water partition coefficient (Wildman–Crippen LogP) is 8.66. The molecule has 0 N–H and O–H groups in total. The summed E-state index contributed by atoms with van der Waals surface area (Å²) in [5.74, 6) is 1.91. The lowest BCUT2D eigenvalue weighted by Crippen LogP contribution is -1.96. The summed E-state index contributed by atoms with van der Waals surface area (Å²) in [6.45, 7) is 5.92. The standard InChI is InChI=1S/C30H30O2/c1-3-5-11-31-29-9-7-21-13-23-16-26-18-28-20-30(32-12-6-4-2)10-8-22(28)14-24(26)15-25(23)17-27(21)19-29/h7-10,13-20H,3-6,11-12H2,1-2H3. The third kappa shape index (κ3) is 4.23. The second-order valence-electron chi connectivity index (χ2n) is 8.67. The Hall–Kier alpha value is -3.26. The highest BCUT2D eigenvalue weighted by molar-refractivity contribution is 6.08. The fourth-order valence-corrected chi connectivity index (χ4v) is 4.31. The third-order valence-corrected chi connectivity index (χ3v) is 6.18. The van der Waals surface area contributed by atoms with Crippen molar-refractivity contribution < 1.29 is 9.47 Å². The summed E-state index contributed by atoms with van der Waals surface area (Å²) < 4.78 is 11.8. The first-order chi connectivity index (χ1) is 15.7. The zero-order valence-corrected chi connectivity index (χ0v) is 19.0. The number of fused-ring (bicyclic) bond motifs is 4. The minimum atomic E-state index is 0.776. The minimum absolute atomic E-state index is 0.776. The van der Waals surface area contributed by atoms with Crippen LogP contribution in [0.25, 0.3) is 43.1 Å². The van der Waals surface area contributed by atoms with E-state index in [1.807, 2.05) is 0 Å². The van der Waals surface area contributed by atoms with E-state index < -0.39 is 0 Å². The topological polar surface area (TPSA) is 18.5 Å². The lowest BCUT2D eigenvalue weighted by Gasteiger charge is -2.10. The maximum absolute atomic E-state index is 5.92. The second-order valence-corrected chi connectivity index (χ2v) is 8.67. The Kier molecular flexibility index (Phi) is 5.85. The zero-order valence-electron chi connectivity index (χ0n) is 19.0. The zero-order chi connectivity index (χ0) is 21.9. The van der Waals surface area contributed by atoms with E-state index in [2.05, 4.69) is 86.6 Å². The van der Waals surface area contributed by atoms with E-state index in [1.165, 1.54) is 43.1 Å². The van der Waals surface area contributed by atoms with Crippen molar-refractivity contribution in [1.82, 2.24) is 0 Å². The summed E-state index contributed by atoms with van der Waals surface area (Å²) in [5.41, 5.74) is 0. The van der Waals surface area contributed by atoms with Gasteiger partial charge >= 0.3 is 0 Å². The van der Waals surface area contributed by atoms with Gasteiger partial charge in [-0.05, 0) is 117 Å². The van der Waals surface area contributed by atoms with E-state index in [-0.39, 0.29) is 0 Å². The van der Waals surface area contributed by atoms with Crippen molar-refractivity contribution in [3.05, 3.63) is 72.8 Å². The molecule has 2 nitrogen and oxygen atoms in total. The molecule has 0 bridgehead atoms. The van der Waals surface area contributed by atoms with Gasteiger partial charge in [-0.2, -0.15) is 0 Å². The van der Waals surface area contributed by atoms with Crippen LogP contribution in [0.5, 0.6) is 11.5 Å². The lowest BCUT2D eigenvalue weighted by molar-refractivity contribution is 0.309. The first kappa shape index (κ1) is 20.6. The molecule has 0 amide bonds. The molecule has 0 unspecified atom stereocenters. The van der Waals surface area contributed by atoms with Crippen molar-refractivity contribution in [2.45, 2.75) is 39.5 Å². The molecule has 5 rings (SSSR count). The SMILES string of the molecule is CCCCOc1ccc2cc3cc4cc5cc(OCCCC)ccc5cc4cc3cc2c1. The molecular formula is C30H30O2. The van der Waals surface area contributed by atoms with Gasteiger partial charge in [0, 0.05) is 0 Å². The highest BCUT2D eigenvalue weighted by atomic mass is 16.5. The van der Waals surface area contributed by atoms with Gasteiger partial charge in [-0.1, -0.05) is 38.8 Å². The summed E-state index contributed by atoms with van der Waals surface area (Å²) >= 11 is 0. The van der Waals surface area contributed by atoms with Crippen molar-refractivity contribution >= 4 is 43.1 Å². The van der Waals surface area contributed by atoms with Gasteiger partial charge in [-0.25, -0.2) is 0 Å². The summed E-state index contributed by atoms with van der Waals surface area (Å²) in [7, 11) is 0. The number of ether oxygens (including phenoxy) is 2. The Balaban J connectivity index is 1.54. The van der Waals surface area contributed by atoms with Crippen LogP contribution in [0.1, 0.15) is 39.5 Å². The van der Waals surface area contributed by atoms with E-state index in [1.54, 1.807) is 0 Å². The quantitative estimate of drug-likeness (QED) is 0.184. The number of hydrogen-bond donors (Lipinski definition) is 0. The Labute approximate surface area is 189 Å². The highest BCUT2D eigenvalue weighted by Crippen LogP contribution is 2.32. The molecular weight excluding hydrogens is 392 g/mol. The summed E-state index contributed by atoms with van der Waals surface area (Å²) in [6, 6.07) is 26.6. The molecule has 5 aromatic carbocycles. The Morgan fingerprint density at radius 1 is 0.438 bits per heavy atom. The van der Waals surface area contributed by atoms with Gasteiger partial charge in [0.25, 0.3) is 0 Å². The average Bonchev–Trinajstić information content (AvgIpc) is 2.80. The first-order valence-corrected chi connectivity index (χ1v) is 11.8. The fraction of sp³-hybridized carbons (Fsp3) is 0.267. The van der Waals surface area contributed by atoms with Crippen LogP contribution in [0.15, 0.2) is 72.8 Å². The van der Waals surface area contributed by atoms with E-state index in [0.29, 0.717) is 0 Å². The maximum Gasteiger partial charge on any atom is 0.119 e. The van der Waals surface area contributed by atoms with Crippen molar-refractivity contribution in [3.63, 3.8) is 0 Å². The summed E-state index contributed by atoms with van der Waals surface area (Å²) in [4.78, 5) is 0. The first-order valence-electron chi connectivity index (χ1n) is 11.8. The van der Waals surface area contributed by atoms with Crippen LogP contribution in [0, 0.1) is 0 Å². The molecule has 0 aliphatic heterocycles. The molecule has 2 heteroatoms. The van der Waals surface area contributed by atoms with Gasteiger partial charge in [0.05, 0.1) is 13.2 Å². The summed E-state index contributed by atoms with van der Waals surface area (Å²) in [6.07, 6.45) is 4.46. The third-order valence-electron chi connectivity index (χ3n) is 6.18. The van der Waals surface area contributed by atoms with Gasteiger partial charge in [0.1, 0.15) is 11.5 Å². The van der Waals surface area contributed by atoms with Crippen molar-refractivity contribution in [1.29, 1.82) is 0 Å². The number of hydrogen-bond acceptors (Lipinski definition) is 2. The largest absolute Gasteiger partial charge is 0.494 e. The number of benzene rings is 5. The molecule has 32 heavy (non-hydrogen) atoms. The van der Waals surface area contributed by atoms with Crippen molar-refractivity contribution in [2.75, 3.05) is 13.2 Å². The van der Waals surface area contributed by atoms with Gasteiger partial charge in [0.2, 0.25) is 0 Å². The number of rotatable bonds is 8. The van der Waals surface area contributed by atoms with E-state index >= 15 is 0 Å². The average molecular weight is 423 g/mol. The van der Waals surface area contributed by atoms with Crippen molar-refractivity contribution in [3.8, 4) is 11.5 Å². The van der Waals surface area contributed by atoms with Crippen LogP contribution in [0.4, 0.5) is 0 Å². The molecule has 0 atom stereocenters. The molecule has 0 saturated carbocycles. The highest BCUT2D eigenvalue weighted by Gasteiger charge is 2.06. The molecule has 0 spiro atoms. The van der Waals surface area contributed by atoms with Gasteiger partial charge < -0.3 is 9.47 Å². The van der Waals surface area contributed by atoms with Gasteiger partial charge in [0.15, 0.2) is 0 Å². The second kappa shape index (κ2) is 9.08. The normalized spacial score (nSPS) is 11.6. The van der Waals surface area contributed by atoms with Crippen LogP contribution >= 0.6 is 0 Å². The van der Waals surface area contributed by atoms with Crippen LogP contribution < -0.4 is 9.47 Å². The molecule has 0 heterocycles. The van der Waals surface area contributed by atoms with Gasteiger partial charge in [-0.3, -0.25) is 0 Å². The molecule has 0 saturated heterocycles. The summed E-state index contributed by atoms with van der Waals surface area (Å²) in [5, 5.41) is 9.98. The van der Waals surface area contributed by atoms with Crippen LogP contribution in [0.3, 0.4) is 0 Å². The fourth-order valence-electron chi connectivity index (χ4n) is 4.31. The van der Waals surface area contributed by atoms with E-state index in [0.717, 1.165) is 50.4 Å². The molecule has 0 aliphatic rings. The smallest absolute Gasteiger partial charge is 0.119 e. The maximum atomic E-state index is 5.92. The van der Waals surface area contributed by atoms with Gasteiger partial charge in [-0.15, -0.1) is 0 Å². The molecule has 162 valence electrons. The monoisotopic (exact) mass is 422 g/mol. The lowest BCUT2D eigenvalue weighted by atomic mass is 9.97. The Bertz CT molecular complexity index is 1290. The molecule has 0 fully saturated rings. The van der Waals surface area contributed by atoms with Crippen LogP contribution in [0.2, 0.25) is 0 Å². The van der Waals surface area contributed by atoms with Crippen LogP contribution in [-0.2, 0) is 0 Å².